The van der Waals surface area contributed by atoms with E-state index in [1.807, 2.05) is 6.92 Å². The lowest BCUT2D eigenvalue weighted by Crippen LogP contribution is -2.60. The summed E-state index contributed by atoms with van der Waals surface area (Å²) < 4.78 is 10.6. The van der Waals surface area contributed by atoms with Gasteiger partial charge in [0.25, 0.3) is 0 Å². The lowest BCUT2D eigenvalue weighted by molar-refractivity contribution is -0.302. The molecule has 0 aromatic rings. The molecule has 6 unspecified atom stereocenters. The lowest BCUT2D eigenvalue weighted by Gasteiger charge is -2.40. The molecule has 0 saturated carbocycles. The highest BCUT2D eigenvalue weighted by Crippen LogP contribution is 2.22. The molecule has 0 spiro atoms. The largest absolute Gasteiger partial charge is 0.394 e. The molecule has 1 aliphatic heterocycles. The number of amides is 1. The Morgan fingerprint density at radius 3 is 2.48 bits per heavy atom. The highest BCUT2D eigenvalue weighted by molar-refractivity contribution is 5.75. The van der Waals surface area contributed by atoms with Gasteiger partial charge in [-0.25, -0.2) is 0 Å². The van der Waals surface area contributed by atoms with Crippen molar-refractivity contribution in [3.05, 3.63) is 12.2 Å². The second-order valence-corrected chi connectivity index (χ2v) is 5.89. The number of carbonyl (C=O) groups excluding carboxylic acids is 1. The number of ether oxygens (including phenoxy) is 2. The summed E-state index contributed by atoms with van der Waals surface area (Å²) in [6.45, 7) is 2.79. The van der Waals surface area contributed by atoms with Crippen molar-refractivity contribution in [2.75, 3.05) is 13.2 Å². The first-order valence-corrected chi connectivity index (χ1v) is 8.41. The minimum Gasteiger partial charge on any atom is -0.394 e. The molecule has 6 N–H and O–H groups in total. The molecule has 1 amide bonds. The van der Waals surface area contributed by atoms with Crippen LogP contribution in [0, 0.1) is 0 Å². The van der Waals surface area contributed by atoms with Crippen molar-refractivity contribution >= 4 is 5.91 Å². The highest BCUT2D eigenvalue weighted by atomic mass is 16.7. The van der Waals surface area contributed by atoms with Gasteiger partial charge in [-0.05, 0) is 6.42 Å². The maximum Gasteiger partial charge on any atom is 0.220 e. The van der Waals surface area contributed by atoms with Gasteiger partial charge in [0, 0.05) is 6.42 Å². The van der Waals surface area contributed by atoms with E-state index in [4.69, 9.17) is 14.6 Å². The number of aliphatic hydroxyl groups excluding tert-OH is 5. The minimum atomic E-state index is -1.55. The first-order chi connectivity index (χ1) is 11.8. The van der Waals surface area contributed by atoms with Gasteiger partial charge in [-0.15, -0.1) is 0 Å². The minimum absolute atomic E-state index is 0.205. The molecule has 1 saturated heterocycles. The number of carbonyl (C=O) groups is 1. The molecule has 0 aliphatic carbocycles. The second-order valence-electron chi connectivity index (χ2n) is 5.89. The summed E-state index contributed by atoms with van der Waals surface area (Å²) in [4.78, 5) is 11.6. The molecule has 9 heteroatoms. The summed E-state index contributed by atoms with van der Waals surface area (Å²) in [6, 6.07) is -0.789. The zero-order valence-electron chi connectivity index (χ0n) is 14.5. The predicted molar refractivity (Wildman–Crippen MR) is 87.4 cm³/mol. The fourth-order valence-corrected chi connectivity index (χ4v) is 2.35. The summed E-state index contributed by atoms with van der Waals surface area (Å²) >= 11 is 0. The van der Waals surface area contributed by atoms with Crippen molar-refractivity contribution in [3.63, 3.8) is 0 Å². The molecule has 25 heavy (non-hydrogen) atoms. The van der Waals surface area contributed by atoms with Gasteiger partial charge in [-0.1, -0.05) is 26.0 Å². The molecule has 7 atom stereocenters. The van der Waals surface area contributed by atoms with E-state index < -0.39 is 49.5 Å². The zero-order valence-corrected chi connectivity index (χ0v) is 14.5. The maximum absolute atomic E-state index is 11.6. The third-order valence-electron chi connectivity index (χ3n) is 3.94. The Kier molecular flexibility index (Phi) is 9.51. The zero-order chi connectivity index (χ0) is 19.0. The molecule has 1 fully saturated rings. The number of rotatable bonds is 9. The van der Waals surface area contributed by atoms with Crippen molar-refractivity contribution < 1.29 is 39.8 Å². The Hall–Kier alpha value is -1.07. The molecule has 0 bridgehead atoms. The first kappa shape index (κ1) is 22.0. The normalized spacial score (nSPS) is 32.5. The Balaban J connectivity index is 2.73. The number of aliphatic hydroxyl groups is 5. The maximum atomic E-state index is 11.6. The van der Waals surface area contributed by atoms with Gasteiger partial charge in [0.1, 0.15) is 24.4 Å². The van der Waals surface area contributed by atoms with Crippen molar-refractivity contribution in [3.8, 4) is 0 Å². The van der Waals surface area contributed by atoms with E-state index in [9.17, 15) is 25.2 Å². The standard InChI is InChI=1S/C16H29NO8/c1-3-5-6-10(19)9(17-12(20)4-2)8-24-16-15(23)14(22)13(21)11(7-18)25-16/h5-6,9-11,13-16,18-19,21-23H,3-4,7-8H2,1-2H3,(H,17,20)/b6-5+/t9?,10-,11?,13?,14?,15?,16?/m1/s1. The van der Waals surface area contributed by atoms with E-state index >= 15 is 0 Å². The number of nitrogens with one attached hydrogen (secondary N) is 1. The molecule has 0 aromatic carbocycles. The van der Waals surface area contributed by atoms with Crippen LogP contribution in [0.1, 0.15) is 26.7 Å². The number of hydrogen-bond donors (Lipinski definition) is 6. The summed E-state index contributed by atoms with van der Waals surface area (Å²) in [7, 11) is 0. The Morgan fingerprint density at radius 1 is 1.24 bits per heavy atom. The van der Waals surface area contributed by atoms with E-state index in [-0.39, 0.29) is 18.9 Å². The van der Waals surface area contributed by atoms with Gasteiger partial charge < -0.3 is 40.3 Å². The topological polar surface area (TPSA) is 149 Å². The van der Waals surface area contributed by atoms with Crippen LogP contribution in [0.4, 0.5) is 0 Å². The second kappa shape index (κ2) is 10.8. The van der Waals surface area contributed by atoms with E-state index in [0.717, 1.165) is 0 Å². The molecule has 1 aliphatic rings. The number of hydrogen-bond acceptors (Lipinski definition) is 8. The van der Waals surface area contributed by atoms with Crippen LogP contribution in [-0.4, -0.2) is 87.5 Å². The predicted octanol–water partition coefficient (Wildman–Crippen LogP) is -1.98. The van der Waals surface area contributed by atoms with Crippen LogP contribution in [0.25, 0.3) is 0 Å². The van der Waals surface area contributed by atoms with E-state index in [1.165, 1.54) is 6.08 Å². The third-order valence-corrected chi connectivity index (χ3v) is 3.94. The van der Waals surface area contributed by atoms with Crippen molar-refractivity contribution in [2.45, 2.75) is 69.5 Å². The third kappa shape index (κ3) is 6.30. The van der Waals surface area contributed by atoms with Crippen LogP contribution < -0.4 is 5.32 Å². The average molecular weight is 363 g/mol. The first-order valence-electron chi connectivity index (χ1n) is 8.41. The van der Waals surface area contributed by atoms with Crippen LogP contribution in [0.5, 0.6) is 0 Å². The summed E-state index contributed by atoms with van der Waals surface area (Å²) in [5.41, 5.74) is 0. The van der Waals surface area contributed by atoms with E-state index in [1.54, 1.807) is 13.0 Å². The van der Waals surface area contributed by atoms with Crippen LogP contribution in [0.3, 0.4) is 0 Å². The van der Waals surface area contributed by atoms with Crippen LogP contribution in [0.2, 0.25) is 0 Å². The average Bonchev–Trinajstić information content (AvgIpc) is 2.62. The Labute approximate surface area is 146 Å². The summed E-state index contributed by atoms with van der Waals surface area (Å²) in [5, 5.41) is 51.3. The molecular formula is C16H29NO8. The monoisotopic (exact) mass is 363 g/mol. The molecule has 0 aromatic heterocycles. The molecule has 9 nitrogen and oxygen atoms in total. The molecule has 146 valence electrons. The SMILES string of the molecule is CC/C=C/[C@@H](O)C(COC1OC(CO)C(O)C(O)C1O)NC(=O)CC. The van der Waals surface area contributed by atoms with Crippen LogP contribution in [0.15, 0.2) is 12.2 Å². The summed E-state index contributed by atoms with van der Waals surface area (Å²) in [5.74, 6) is -0.286. The fraction of sp³-hybridized carbons (Fsp3) is 0.812. The Morgan fingerprint density at radius 2 is 1.92 bits per heavy atom. The van der Waals surface area contributed by atoms with Gasteiger partial charge in [0.2, 0.25) is 5.91 Å². The smallest absolute Gasteiger partial charge is 0.220 e. The van der Waals surface area contributed by atoms with Gasteiger partial charge in [-0.3, -0.25) is 4.79 Å². The highest BCUT2D eigenvalue weighted by Gasteiger charge is 2.44. The van der Waals surface area contributed by atoms with Gasteiger partial charge in [-0.2, -0.15) is 0 Å². The fourth-order valence-electron chi connectivity index (χ4n) is 2.35. The van der Waals surface area contributed by atoms with Gasteiger partial charge in [0.05, 0.1) is 25.4 Å². The molecule has 1 heterocycles. The van der Waals surface area contributed by atoms with Gasteiger partial charge >= 0.3 is 0 Å². The lowest BCUT2D eigenvalue weighted by atomic mass is 9.99. The Bertz CT molecular complexity index is 430. The van der Waals surface area contributed by atoms with Crippen molar-refractivity contribution in [1.82, 2.24) is 5.32 Å². The molecule has 0 radical (unpaired) electrons. The number of allylic oxidation sites excluding steroid dienone is 1. The van der Waals surface area contributed by atoms with Crippen LogP contribution >= 0.6 is 0 Å². The molecule has 1 rings (SSSR count). The summed E-state index contributed by atoms with van der Waals surface area (Å²) in [6.07, 6.45) is -3.79. The quantitative estimate of drug-likeness (QED) is 0.258. The van der Waals surface area contributed by atoms with E-state index in [2.05, 4.69) is 5.32 Å². The molecular weight excluding hydrogens is 334 g/mol. The van der Waals surface area contributed by atoms with Crippen molar-refractivity contribution in [1.29, 1.82) is 0 Å². The van der Waals surface area contributed by atoms with Crippen LogP contribution in [-0.2, 0) is 14.3 Å². The van der Waals surface area contributed by atoms with E-state index in [0.29, 0.717) is 6.42 Å². The van der Waals surface area contributed by atoms with Gasteiger partial charge in [0.15, 0.2) is 6.29 Å². The van der Waals surface area contributed by atoms with Crippen molar-refractivity contribution in [2.24, 2.45) is 0 Å².